The van der Waals surface area contributed by atoms with E-state index in [1.165, 1.54) is 5.56 Å². The highest BCUT2D eigenvalue weighted by atomic mass is 16.5. The highest BCUT2D eigenvalue weighted by Gasteiger charge is 2.30. The molecule has 31 heavy (non-hydrogen) atoms. The van der Waals surface area contributed by atoms with Gasteiger partial charge < -0.3 is 24.3 Å². The Morgan fingerprint density at radius 3 is 2.55 bits per heavy atom. The van der Waals surface area contributed by atoms with Gasteiger partial charge in [0.15, 0.2) is 5.96 Å². The summed E-state index contributed by atoms with van der Waals surface area (Å²) in [6.07, 6.45) is 5.00. The van der Waals surface area contributed by atoms with Crippen LogP contribution in [0, 0.1) is 0 Å². The SMILES string of the molecule is O=C(C1CCCO1)N1CCN(C(=NCCc2ccco2)NCCc2ccccc2)CC1. The minimum atomic E-state index is -0.239. The van der Waals surface area contributed by atoms with Gasteiger partial charge >= 0.3 is 0 Å². The Morgan fingerprint density at radius 1 is 1.03 bits per heavy atom. The van der Waals surface area contributed by atoms with Crippen LogP contribution in [-0.4, -0.2) is 73.6 Å². The van der Waals surface area contributed by atoms with Crippen LogP contribution in [0.1, 0.15) is 24.2 Å². The van der Waals surface area contributed by atoms with Gasteiger partial charge in [0.1, 0.15) is 11.9 Å². The molecule has 166 valence electrons. The number of furan rings is 1. The van der Waals surface area contributed by atoms with Crippen molar-refractivity contribution >= 4 is 11.9 Å². The molecular formula is C24H32N4O3. The minimum absolute atomic E-state index is 0.144. The number of piperazine rings is 1. The van der Waals surface area contributed by atoms with Crippen LogP contribution in [0.3, 0.4) is 0 Å². The number of nitrogens with one attached hydrogen (secondary N) is 1. The summed E-state index contributed by atoms with van der Waals surface area (Å²) in [5, 5.41) is 3.53. The number of nitrogens with zero attached hydrogens (tertiary/aromatic N) is 3. The summed E-state index contributed by atoms with van der Waals surface area (Å²) in [6.45, 7) is 5.14. The van der Waals surface area contributed by atoms with E-state index in [4.69, 9.17) is 14.1 Å². The molecule has 0 saturated carbocycles. The third-order valence-corrected chi connectivity index (χ3v) is 5.84. The number of benzene rings is 1. The smallest absolute Gasteiger partial charge is 0.251 e. The van der Waals surface area contributed by atoms with Gasteiger partial charge in [-0.3, -0.25) is 9.79 Å². The Bertz CT molecular complexity index is 824. The number of rotatable bonds is 7. The van der Waals surface area contributed by atoms with Crippen molar-refractivity contribution in [1.82, 2.24) is 15.1 Å². The van der Waals surface area contributed by atoms with E-state index in [1.807, 2.05) is 23.1 Å². The van der Waals surface area contributed by atoms with Gasteiger partial charge in [-0.15, -0.1) is 0 Å². The lowest BCUT2D eigenvalue weighted by Gasteiger charge is -2.37. The zero-order valence-electron chi connectivity index (χ0n) is 18.0. The Morgan fingerprint density at radius 2 is 1.84 bits per heavy atom. The molecule has 2 aromatic rings. The summed E-state index contributed by atoms with van der Waals surface area (Å²) in [6, 6.07) is 14.3. The van der Waals surface area contributed by atoms with E-state index in [1.54, 1.807) is 6.26 Å². The maximum Gasteiger partial charge on any atom is 0.251 e. The topological polar surface area (TPSA) is 70.3 Å². The first-order valence-corrected chi connectivity index (χ1v) is 11.3. The average molecular weight is 425 g/mol. The van der Waals surface area contributed by atoms with E-state index in [9.17, 15) is 4.79 Å². The van der Waals surface area contributed by atoms with Crippen molar-refractivity contribution in [2.24, 2.45) is 4.99 Å². The van der Waals surface area contributed by atoms with Crippen molar-refractivity contribution in [1.29, 1.82) is 0 Å². The van der Waals surface area contributed by atoms with E-state index >= 15 is 0 Å². The molecule has 1 amide bonds. The van der Waals surface area contributed by atoms with Crippen LogP contribution >= 0.6 is 0 Å². The lowest BCUT2D eigenvalue weighted by molar-refractivity contribution is -0.142. The molecule has 0 radical (unpaired) electrons. The van der Waals surface area contributed by atoms with Crippen molar-refractivity contribution in [3.8, 4) is 0 Å². The van der Waals surface area contributed by atoms with Gasteiger partial charge in [-0.25, -0.2) is 0 Å². The van der Waals surface area contributed by atoms with Crippen molar-refractivity contribution < 1.29 is 13.9 Å². The van der Waals surface area contributed by atoms with Gasteiger partial charge in [0.25, 0.3) is 5.91 Å². The maximum atomic E-state index is 12.6. The number of aliphatic imine (C=N–C) groups is 1. The lowest BCUT2D eigenvalue weighted by Crippen LogP contribution is -2.55. The second-order valence-electron chi connectivity index (χ2n) is 8.01. The lowest BCUT2D eigenvalue weighted by atomic mass is 10.1. The fraction of sp³-hybridized carbons (Fsp3) is 0.500. The van der Waals surface area contributed by atoms with E-state index in [-0.39, 0.29) is 12.0 Å². The number of guanidine groups is 1. The normalized spacial score (nSPS) is 19.6. The van der Waals surface area contributed by atoms with E-state index in [0.29, 0.717) is 26.2 Å². The van der Waals surface area contributed by atoms with E-state index in [2.05, 4.69) is 34.5 Å². The number of hydrogen-bond donors (Lipinski definition) is 1. The van der Waals surface area contributed by atoms with Gasteiger partial charge in [0.2, 0.25) is 0 Å². The number of carbonyl (C=O) groups excluding carboxylic acids is 1. The van der Waals surface area contributed by atoms with Crippen molar-refractivity contribution in [2.45, 2.75) is 31.8 Å². The second-order valence-corrected chi connectivity index (χ2v) is 8.01. The number of carbonyl (C=O) groups is 1. The van der Waals surface area contributed by atoms with Gasteiger partial charge in [-0.05, 0) is 37.0 Å². The molecule has 2 fully saturated rings. The van der Waals surface area contributed by atoms with Gasteiger partial charge in [-0.1, -0.05) is 30.3 Å². The highest BCUT2D eigenvalue weighted by molar-refractivity contribution is 5.83. The summed E-state index contributed by atoms with van der Waals surface area (Å²) in [7, 11) is 0. The van der Waals surface area contributed by atoms with Crippen molar-refractivity contribution in [3.63, 3.8) is 0 Å². The predicted molar refractivity (Wildman–Crippen MR) is 120 cm³/mol. The fourth-order valence-electron chi connectivity index (χ4n) is 4.07. The number of amides is 1. The first-order valence-electron chi connectivity index (χ1n) is 11.3. The zero-order chi connectivity index (χ0) is 21.3. The molecule has 0 spiro atoms. The highest BCUT2D eigenvalue weighted by Crippen LogP contribution is 2.16. The Balaban J connectivity index is 1.32. The largest absolute Gasteiger partial charge is 0.469 e. The molecular weight excluding hydrogens is 392 g/mol. The van der Waals surface area contributed by atoms with Gasteiger partial charge in [0.05, 0.1) is 6.26 Å². The molecule has 1 aromatic carbocycles. The first-order chi connectivity index (χ1) is 15.3. The third-order valence-electron chi connectivity index (χ3n) is 5.84. The van der Waals surface area contributed by atoms with Gasteiger partial charge in [-0.2, -0.15) is 0 Å². The molecule has 2 saturated heterocycles. The van der Waals surface area contributed by atoms with Gasteiger partial charge in [0, 0.05) is 52.3 Å². The summed E-state index contributed by atoms with van der Waals surface area (Å²) in [4.78, 5) is 21.7. The molecule has 7 heteroatoms. The molecule has 2 aliphatic rings. The predicted octanol–water partition coefficient (Wildman–Crippen LogP) is 2.33. The molecule has 3 heterocycles. The molecule has 1 N–H and O–H groups in total. The molecule has 0 aliphatic carbocycles. The Labute approximate surface area is 184 Å². The van der Waals surface area contributed by atoms with Crippen LogP contribution in [0.25, 0.3) is 0 Å². The first kappa shape index (κ1) is 21.4. The van der Waals surface area contributed by atoms with Crippen LogP contribution in [0.5, 0.6) is 0 Å². The standard InChI is InChI=1S/C24H32N4O3/c29-23(22-9-5-19-31-22)27-14-16-28(17-15-27)24(26-13-11-21-8-4-18-30-21)25-12-10-20-6-2-1-3-7-20/h1-4,6-8,18,22H,5,9-17,19H2,(H,25,26). The Hall–Kier alpha value is -2.80. The molecule has 1 unspecified atom stereocenters. The van der Waals surface area contributed by atoms with Crippen LogP contribution in [0.4, 0.5) is 0 Å². The summed E-state index contributed by atoms with van der Waals surface area (Å²) < 4.78 is 11.0. The van der Waals surface area contributed by atoms with Crippen LogP contribution in [-0.2, 0) is 22.4 Å². The van der Waals surface area contributed by atoms with Crippen LogP contribution < -0.4 is 5.32 Å². The van der Waals surface area contributed by atoms with E-state index < -0.39 is 0 Å². The minimum Gasteiger partial charge on any atom is -0.469 e. The molecule has 4 rings (SSSR count). The van der Waals surface area contributed by atoms with Crippen LogP contribution in [0.2, 0.25) is 0 Å². The van der Waals surface area contributed by atoms with Crippen LogP contribution in [0.15, 0.2) is 58.1 Å². The molecule has 7 nitrogen and oxygen atoms in total. The number of ether oxygens (including phenoxy) is 1. The zero-order valence-corrected chi connectivity index (χ0v) is 18.0. The number of hydrogen-bond acceptors (Lipinski definition) is 4. The monoisotopic (exact) mass is 424 g/mol. The quantitative estimate of drug-likeness (QED) is 0.546. The molecule has 1 aromatic heterocycles. The Kier molecular flexibility index (Phi) is 7.60. The molecule has 1 atom stereocenters. The molecule has 0 bridgehead atoms. The third kappa shape index (κ3) is 6.10. The van der Waals surface area contributed by atoms with Crippen molar-refractivity contribution in [2.75, 3.05) is 45.9 Å². The summed E-state index contributed by atoms with van der Waals surface area (Å²) >= 11 is 0. The summed E-state index contributed by atoms with van der Waals surface area (Å²) in [5.41, 5.74) is 1.30. The summed E-state index contributed by atoms with van der Waals surface area (Å²) in [5.74, 6) is 2.00. The molecule has 2 aliphatic heterocycles. The van der Waals surface area contributed by atoms with Crippen molar-refractivity contribution in [3.05, 3.63) is 60.1 Å². The fourth-order valence-corrected chi connectivity index (χ4v) is 4.07. The average Bonchev–Trinajstić information content (AvgIpc) is 3.53. The maximum absolute atomic E-state index is 12.6. The van der Waals surface area contributed by atoms with E-state index in [0.717, 1.165) is 57.0 Å². The second kappa shape index (κ2) is 11.0.